The molecule has 0 spiro atoms. The first-order valence-electron chi connectivity index (χ1n) is 8.14. The second kappa shape index (κ2) is 5.86. The summed E-state index contributed by atoms with van der Waals surface area (Å²) in [5.74, 6) is 1.65. The number of carbonyl (C=O) groups excluding carboxylic acids is 1. The summed E-state index contributed by atoms with van der Waals surface area (Å²) in [6.07, 6.45) is 1.91. The molecule has 4 rings (SSSR count). The highest BCUT2D eigenvalue weighted by Crippen LogP contribution is 2.30. The van der Waals surface area contributed by atoms with Crippen LogP contribution in [-0.2, 0) is 22.4 Å². The molecule has 126 valence electrons. The summed E-state index contributed by atoms with van der Waals surface area (Å²) >= 11 is 0. The van der Waals surface area contributed by atoms with Crippen LogP contribution in [0.15, 0.2) is 12.1 Å². The predicted molar refractivity (Wildman–Crippen MR) is 87.6 cm³/mol. The van der Waals surface area contributed by atoms with Crippen LogP contribution < -0.4 is 10.6 Å². The van der Waals surface area contributed by atoms with E-state index in [1.54, 1.807) is 0 Å². The maximum absolute atomic E-state index is 11.2. The van der Waals surface area contributed by atoms with Crippen LogP contribution in [0.25, 0.3) is 11.5 Å². The Labute approximate surface area is 139 Å². The summed E-state index contributed by atoms with van der Waals surface area (Å²) in [7, 11) is 2.04. The molecular weight excluding hydrogens is 308 g/mol. The standard InChI is InChI=1S/C16H20N6O2/c1-21-6-4-10-2-3-12(18-15(10)21)16-19-14(8-13(17)23)20-22(16)11-5-7-24-9-11/h2-3,11H,4-9H2,1H3,(H2,17,23). The third-order valence-electron chi connectivity index (χ3n) is 4.52. The molecule has 1 saturated heterocycles. The Hall–Kier alpha value is -2.48. The number of hydrogen-bond donors (Lipinski definition) is 1. The fourth-order valence-electron chi connectivity index (χ4n) is 3.26. The number of primary amides is 1. The van der Waals surface area contributed by atoms with Crippen LogP contribution in [0.2, 0.25) is 0 Å². The number of likely N-dealkylation sites (N-methyl/N-ethyl adjacent to an activating group) is 1. The normalized spacial score (nSPS) is 19.7. The van der Waals surface area contributed by atoms with Gasteiger partial charge in [-0.3, -0.25) is 4.79 Å². The maximum atomic E-state index is 11.2. The topological polar surface area (TPSA) is 99.2 Å². The Bertz CT molecular complexity index is 781. The van der Waals surface area contributed by atoms with Crippen molar-refractivity contribution in [3.63, 3.8) is 0 Å². The van der Waals surface area contributed by atoms with E-state index in [2.05, 4.69) is 21.0 Å². The summed E-state index contributed by atoms with van der Waals surface area (Å²) in [5.41, 5.74) is 7.30. The summed E-state index contributed by atoms with van der Waals surface area (Å²) in [6.45, 7) is 2.27. The van der Waals surface area contributed by atoms with Crippen molar-refractivity contribution in [3.05, 3.63) is 23.5 Å². The van der Waals surface area contributed by atoms with E-state index in [-0.39, 0.29) is 12.5 Å². The van der Waals surface area contributed by atoms with Crippen molar-refractivity contribution in [1.82, 2.24) is 19.7 Å². The molecule has 0 saturated carbocycles. The molecule has 1 atom stereocenters. The predicted octanol–water partition coefficient (Wildman–Crippen LogP) is 0.322. The lowest BCUT2D eigenvalue weighted by Crippen LogP contribution is -2.16. The number of hydrogen-bond acceptors (Lipinski definition) is 6. The molecule has 0 aliphatic carbocycles. The van der Waals surface area contributed by atoms with E-state index in [9.17, 15) is 4.79 Å². The largest absolute Gasteiger partial charge is 0.379 e. The van der Waals surface area contributed by atoms with Gasteiger partial charge in [0.05, 0.1) is 19.1 Å². The van der Waals surface area contributed by atoms with Crippen LogP contribution in [0.3, 0.4) is 0 Å². The number of aromatic nitrogens is 4. The molecule has 1 amide bonds. The van der Waals surface area contributed by atoms with Crippen LogP contribution in [-0.4, -0.2) is 52.5 Å². The van der Waals surface area contributed by atoms with Crippen molar-refractivity contribution in [3.8, 4) is 11.5 Å². The summed E-state index contributed by atoms with van der Waals surface area (Å²) < 4.78 is 7.32. The number of ether oxygens (including phenoxy) is 1. The van der Waals surface area contributed by atoms with Crippen molar-refractivity contribution in [2.75, 3.05) is 31.7 Å². The number of nitrogens with zero attached hydrogens (tertiary/aromatic N) is 5. The lowest BCUT2D eigenvalue weighted by Gasteiger charge is -2.14. The molecule has 2 aromatic heterocycles. The van der Waals surface area contributed by atoms with Gasteiger partial charge in [-0.15, -0.1) is 0 Å². The minimum Gasteiger partial charge on any atom is -0.379 e. The monoisotopic (exact) mass is 328 g/mol. The molecule has 2 N–H and O–H groups in total. The molecule has 0 radical (unpaired) electrons. The summed E-state index contributed by atoms with van der Waals surface area (Å²) in [4.78, 5) is 22.7. The zero-order valence-electron chi connectivity index (χ0n) is 13.6. The Morgan fingerprint density at radius 2 is 2.29 bits per heavy atom. The van der Waals surface area contributed by atoms with E-state index >= 15 is 0 Å². The van der Waals surface area contributed by atoms with Gasteiger partial charge in [0.2, 0.25) is 5.91 Å². The van der Waals surface area contributed by atoms with E-state index in [0.717, 1.165) is 30.9 Å². The lowest BCUT2D eigenvalue weighted by molar-refractivity contribution is -0.117. The molecule has 2 aliphatic rings. The Balaban J connectivity index is 1.77. The minimum absolute atomic E-state index is 0.0262. The highest BCUT2D eigenvalue weighted by Gasteiger charge is 2.26. The van der Waals surface area contributed by atoms with Gasteiger partial charge in [0.15, 0.2) is 11.6 Å². The van der Waals surface area contributed by atoms with Gasteiger partial charge in [-0.25, -0.2) is 14.6 Å². The first-order valence-corrected chi connectivity index (χ1v) is 8.14. The number of rotatable bonds is 4. The highest BCUT2D eigenvalue weighted by molar-refractivity contribution is 5.75. The molecule has 1 unspecified atom stereocenters. The zero-order chi connectivity index (χ0) is 16.7. The molecule has 0 aromatic carbocycles. The van der Waals surface area contributed by atoms with Crippen LogP contribution in [0.5, 0.6) is 0 Å². The van der Waals surface area contributed by atoms with E-state index in [1.807, 2.05) is 17.8 Å². The fourth-order valence-corrected chi connectivity index (χ4v) is 3.26. The Kier molecular flexibility index (Phi) is 3.68. The van der Waals surface area contributed by atoms with Crippen molar-refractivity contribution >= 4 is 11.7 Å². The van der Waals surface area contributed by atoms with Crippen molar-refractivity contribution < 1.29 is 9.53 Å². The molecule has 4 heterocycles. The minimum atomic E-state index is -0.442. The second-order valence-corrected chi connectivity index (χ2v) is 6.31. The fraction of sp³-hybridized carbons (Fsp3) is 0.500. The molecule has 0 bridgehead atoms. The van der Waals surface area contributed by atoms with Gasteiger partial charge in [-0.2, -0.15) is 5.10 Å². The smallest absolute Gasteiger partial charge is 0.225 e. The molecule has 1 fully saturated rings. The molecular formula is C16H20N6O2. The van der Waals surface area contributed by atoms with Crippen molar-refractivity contribution in [2.45, 2.75) is 25.3 Å². The van der Waals surface area contributed by atoms with Crippen LogP contribution in [0.4, 0.5) is 5.82 Å². The van der Waals surface area contributed by atoms with Gasteiger partial charge in [-0.05, 0) is 24.5 Å². The Morgan fingerprint density at radius 1 is 1.42 bits per heavy atom. The number of fused-ring (bicyclic) bond motifs is 1. The number of pyridine rings is 1. The SMILES string of the molecule is CN1CCc2ccc(-c3nc(CC(N)=O)nn3C3CCOC3)nc21. The molecule has 8 nitrogen and oxygen atoms in total. The molecule has 2 aromatic rings. The zero-order valence-corrected chi connectivity index (χ0v) is 13.6. The molecule has 2 aliphatic heterocycles. The number of amides is 1. The van der Waals surface area contributed by atoms with E-state index in [1.165, 1.54) is 5.56 Å². The van der Waals surface area contributed by atoms with Gasteiger partial charge in [0, 0.05) is 20.2 Å². The Morgan fingerprint density at radius 3 is 3.04 bits per heavy atom. The van der Waals surface area contributed by atoms with Gasteiger partial charge < -0.3 is 15.4 Å². The first-order chi connectivity index (χ1) is 11.6. The van der Waals surface area contributed by atoms with Gasteiger partial charge >= 0.3 is 0 Å². The van der Waals surface area contributed by atoms with Gasteiger partial charge in [0.1, 0.15) is 11.5 Å². The molecule has 8 heteroatoms. The first kappa shape index (κ1) is 15.1. The highest BCUT2D eigenvalue weighted by atomic mass is 16.5. The average Bonchev–Trinajstić information content (AvgIpc) is 3.26. The second-order valence-electron chi connectivity index (χ2n) is 6.31. The number of anilines is 1. The summed E-state index contributed by atoms with van der Waals surface area (Å²) in [6, 6.07) is 4.18. The average molecular weight is 328 g/mol. The van der Waals surface area contributed by atoms with E-state index < -0.39 is 5.91 Å². The van der Waals surface area contributed by atoms with Crippen molar-refractivity contribution in [1.29, 1.82) is 0 Å². The molecule has 24 heavy (non-hydrogen) atoms. The van der Waals surface area contributed by atoms with Gasteiger partial charge in [0.25, 0.3) is 0 Å². The van der Waals surface area contributed by atoms with Crippen LogP contribution in [0, 0.1) is 0 Å². The van der Waals surface area contributed by atoms with E-state index in [4.69, 9.17) is 15.5 Å². The van der Waals surface area contributed by atoms with Crippen LogP contribution in [0.1, 0.15) is 23.9 Å². The number of nitrogens with two attached hydrogens (primary N) is 1. The maximum Gasteiger partial charge on any atom is 0.225 e. The third kappa shape index (κ3) is 2.62. The lowest BCUT2D eigenvalue weighted by atomic mass is 10.2. The van der Waals surface area contributed by atoms with Gasteiger partial charge in [-0.1, -0.05) is 6.07 Å². The number of carbonyl (C=O) groups is 1. The summed E-state index contributed by atoms with van der Waals surface area (Å²) in [5, 5.41) is 4.49. The van der Waals surface area contributed by atoms with E-state index in [0.29, 0.717) is 24.9 Å². The third-order valence-corrected chi connectivity index (χ3v) is 4.52. The quantitative estimate of drug-likeness (QED) is 0.868. The van der Waals surface area contributed by atoms with Crippen molar-refractivity contribution in [2.24, 2.45) is 5.73 Å². The van der Waals surface area contributed by atoms with Crippen LogP contribution >= 0.6 is 0 Å².